The Morgan fingerprint density at radius 2 is 2.19 bits per heavy atom. The topological polar surface area (TPSA) is 63.6 Å². The van der Waals surface area contributed by atoms with Gasteiger partial charge in [-0.25, -0.2) is 13.4 Å². The lowest BCUT2D eigenvalue weighted by atomic mass is 10.1. The average molecular weight is 246 g/mol. The highest BCUT2D eigenvalue weighted by molar-refractivity contribution is 7.78. The summed E-state index contributed by atoms with van der Waals surface area (Å²) in [6, 6.07) is 2.39. The second-order valence-corrected chi connectivity index (χ2v) is 4.15. The summed E-state index contributed by atoms with van der Waals surface area (Å²) in [4.78, 5) is 11.2. The molecule has 1 unspecified atom stereocenters. The third-order valence-electron chi connectivity index (χ3n) is 2.11. The van der Waals surface area contributed by atoms with Crippen LogP contribution in [0.4, 0.5) is 4.39 Å². The molecule has 0 saturated carbocycles. The van der Waals surface area contributed by atoms with Crippen molar-refractivity contribution in [3.8, 4) is 0 Å². The van der Waals surface area contributed by atoms with Crippen LogP contribution in [0, 0.1) is 12.7 Å². The zero-order valence-corrected chi connectivity index (χ0v) is 9.64. The number of esters is 1. The Morgan fingerprint density at radius 1 is 1.56 bits per heavy atom. The van der Waals surface area contributed by atoms with Crippen LogP contribution in [-0.2, 0) is 21.6 Å². The Morgan fingerprint density at radius 3 is 2.69 bits per heavy atom. The van der Waals surface area contributed by atoms with Gasteiger partial charge in [0.15, 0.2) is 11.1 Å². The van der Waals surface area contributed by atoms with Crippen molar-refractivity contribution < 1.29 is 22.7 Å². The summed E-state index contributed by atoms with van der Waals surface area (Å²) in [5.74, 6) is -1.64. The van der Waals surface area contributed by atoms with E-state index in [0.717, 1.165) is 13.2 Å². The fourth-order valence-corrected chi connectivity index (χ4v) is 1.85. The normalized spacial score (nSPS) is 12.2. The van der Waals surface area contributed by atoms with Gasteiger partial charge in [0.1, 0.15) is 5.82 Å². The van der Waals surface area contributed by atoms with Crippen molar-refractivity contribution in [3.05, 3.63) is 34.6 Å². The fraction of sp³-hybridized carbons (Fsp3) is 0.300. The summed E-state index contributed by atoms with van der Waals surface area (Å²) in [6.07, 6.45) is 0. The van der Waals surface area contributed by atoms with Gasteiger partial charge in [0.05, 0.1) is 18.4 Å². The summed E-state index contributed by atoms with van der Waals surface area (Å²) in [5, 5.41) is 0. The third-order valence-corrected chi connectivity index (χ3v) is 2.67. The molecule has 0 aliphatic heterocycles. The standard InChI is InChI=1S/C10H11FO4S/c1-6-3-9(11)8(10(12)15-2)4-7(6)5-16(13)14/h3-4H,5H2,1-2H3,(H,13,14). The number of carbonyl (C=O) groups excluding carboxylic acids is 1. The maximum Gasteiger partial charge on any atom is 0.340 e. The smallest absolute Gasteiger partial charge is 0.340 e. The van der Waals surface area contributed by atoms with Crippen molar-refractivity contribution in [1.82, 2.24) is 0 Å². The summed E-state index contributed by atoms with van der Waals surface area (Å²) >= 11 is -2.03. The lowest BCUT2D eigenvalue weighted by molar-refractivity contribution is 0.0595. The predicted molar refractivity (Wildman–Crippen MR) is 57.0 cm³/mol. The van der Waals surface area contributed by atoms with Crippen molar-refractivity contribution in [1.29, 1.82) is 0 Å². The number of aryl methyl sites for hydroxylation is 1. The molecule has 4 nitrogen and oxygen atoms in total. The molecule has 1 N–H and O–H groups in total. The van der Waals surface area contributed by atoms with Crippen LogP contribution in [0.3, 0.4) is 0 Å². The van der Waals surface area contributed by atoms with Crippen LogP contribution in [0.2, 0.25) is 0 Å². The van der Waals surface area contributed by atoms with Crippen LogP contribution in [0.1, 0.15) is 21.5 Å². The fourth-order valence-electron chi connectivity index (χ4n) is 1.27. The van der Waals surface area contributed by atoms with E-state index in [9.17, 15) is 13.4 Å². The minimum absolute atomic E-state index is 0.143. The molecule has 1 aromatic carbocycles. The minimum Gasteiger partial charge on any atom is -0.465 e. The molecule has 1 aromatic rings. The molecule has 0 aliphatic rings. The zero-order valence-electron chi connectivity index (χ0n) is 8.82. The van der Waals surface area contributed by atoms with E-state index >= 15 is 0 Å². The van der Waals surface area contributed by atoms with E-state index in [0.29, 0.717) is 11.1 Å². The molecular formula is C10H11FO4S. The molecule has 1 rings (SSSR count). The Kier molecular flexibility index (Phi) is 4.14. The van der Waals surface area contributed by atoms with E-state index in [2.05, 4.69) is 4.74 Å². The van der Waals surface area contributed by atoms with Gasteiger partial charge in [-0.1, -0.05) is 0 Å². The first-order valence-corrected chi connectivity index (χ1v) is 5.68. The molecule has 0 radical (unpaired) electrons. The van der Waals surface area contributed by atoms with Gasteiger partial charge in [-0.05, 0) is 30.2 Å². The van der Waals surface area contributed by atoms with E-state index in [4.69, 9.17) is 4.55 Å². The second kappa shape index (κ2) is 5.18. The molecule has 6 heteroatoms. The molecule has 0 aromatic heterocycles. The number of hydrogen-bond acceptors (Lipinski definition) is 3. The van der Waals surface area contributed by atoms with Gasteiger partial charge in [-0.3, -0.25) is 0 Å². The molecule has 0 aliphatic carbocycles. The largest absolute Gasteiger partial charge is 0.465 e. The highest BCUT2D eigenvalue weighted by Gasteiger charge is 2.15. The van der Waals surface area contributed by atoms with E-state index in [-0.39, 0.29) is 11.3 Å². The lowest BCUT2D eigenvalue weighted by Gasteiger charge is -2.07. The lowest BCUT2D eigenvalue weighted by Crippen LogP contribution is -2.07. The number of carbonyl (C=O) groups is 1. The Balaban J connectivity index is 3.21. The molecule has 0 bridgehead atoms. The number of benzene rings is 1. The Bertz CT molecular complexity index is 445. The number of hydrogen-bond donors (Lipinski definition) is 1. The molecular weight excluding hydrogens is 235 g/mol. The van der Waals surface area contributed by atoms with Gasteiger partial charge in [-0.15, -0.1) is 0 Å². The molecule has 16 heavy (non-hydrogen) atoms. The minimum atomic E-state index is -2.03. The zero-order chi connectivity index (χ0) is 12.3. The van der Waals surface area contributed by atoms with Crippen LogP contribution in [-0.4, -0.2) is 21.8 Å². The van der Waals surface area contributed by atoms with Crippen LogP contribution < -0.4 is 0 Å². The SMILES string of the molecule is COC(=O)c1cc(CS(=O)O)c(C)cc1F. The maximum atomic E-state index is 13.4. The van der Waals surface area contributed by atoms with Gasteiger partial charge >= 0.3 is 5.97 Å². The van der Waals surface area contributed by atoms with Gasteiger partial charge < -0.3 is 9.29 Å². The number of methoxy groups -OCH3 is 1. The molecule has 1 atom stereocenters. The molecule has 0 amide bonds. The summed E-state index contributed by atoms with van der Waals surface area (Å²) in [6.45, 7) is 1.60. The van der Waals surface area contributed by atoms with Crippen LogP contribution in [0.5, 0.6) is 0 Å². The average Bonchev–Trinajstić information content (AvgIpc) is 2.20. The highest BCUT2D eigenvalue weighted by atomic mass is 32.2. The molecule has 0 saturated heterocycles. The number of ether oxygens (including phenoxy) is 1. The van der Waals surface area contributed by atoms with E-state index in [1.54, 1.807) is 6.92 Å². The molecule has 0 heterocycles. The van der Waals surface area contributed by atoms with Gasteiger partial charge in [0, 0.05) is 0 Å². The molecule has 0 fully saturated rings. The third kappa shape index (κ3) is 2.86. The molecule has 88 valence electrons. The van der Waals surface area contributed by atoms with E-state index in [1.165, 1.54) is 6.07 Å². The first kappa shape index (κ1) is 12.8. The van der Waals surface area contributed by atoms with Crippen molar-refractivity contribution in [3.63, 3.8) is 0 Å². The van der Waals surface area contributed by atoms with Gasteiger partial charge in [0.25, 0.3) is 0 Å². The van der Waals surface area contributed by atoms with Gasteiger partial charge in [-0.2, -0.15) is 0 Å². The highest BCUT2D eigenvalue weighted by Crippen LogP contribution is 2.17. The van der Waals surface area contributed by atoms with Crippen LogP contribution in [0.25, 0.3) is 0 Å². The van der Waals surface area contributed by atoms with Crippen molar-refractivity contribution >= 4 is 17.0 Å². The van der Waals surface area contributed by atoms with E-state index < -0.39 is 22.9 Å². The Hall–Kier alpha value is -1.27. The van der Waals surface area contributed by atoms with Crippen molar-refractivity contribution in [2.45, 2.75) is 12.7 Å². The molecule has 0 spiro atoms. The van der Waals surface area contributed by atoms with Gasteiger partial charge in [0.2, 0.25) is 0 Å². The maximum absolute atomic E-state index is 13.4. The number of halogens is 1. The first-order chi connectivity index (χ1) is 7.45. The van der Waals surface area contributed by atoms with Crippen LogP contribution in [0.15, 0.2) is 12.1 Å². The second-order valence-electron chi connectivity index (χ2n) is 3.22. The van der Waals surface area contributed by atoms with Crippen molar-refractivity contribution in [2.75, 3.05) is 7.11 Å². The first-order valence-electron chi connectivity index (χ1n) is 4.40. The predicted octanol–water partition coefficient (Wildman–Crippen LogP) is 1.64. The quantitative estimate of drug-likeness (QED) is 0.650. The van der Waals surface area contributed by atoms with E-state index in [1.807, 2.05) is 0 Å². The monoisotopic (exact) mass is 246 g/mol. The Labute approximate surface area is 94.7 Å². The van der Waals surface area contributed by atoms with Crippen molar-refractivity contribution in [2.24, 2.45) is 0 Å². The van der Waals surface area contributed by atoms with Crippen LogP contribution >= 0.6 is 0 Å². The number of rotatable bonds is 3. The summed E-state index contributed by atoms with van der Waals surface area (Å²) in [7, 11) is 1.14. The summed E-state index contributed by atoms with van der Waals surface area (Å²) < 4.78 is 37.2. The summed E-state index contributed by atoms with van der Waals surface area (Å²) in [5.41, 5.74) is 0.740.